The lowest BCUT2D eigenvalue weighted by molar-refractivity contribution is 0.0190. The second-order valence-corrected chi connectivity index (χ2v) is 7.84. The van der Waals surface area contributed by atoms with E-state index in [9.17, 15) is 4.79 Å². The molecule has 116 valence electrons. The minimum atomic E-state index is -0.458. The van der Waals surface area contributed by atoms with Crippen molar-refractivity contribution in [1.29, 1.82) is 0 Å². The first kappa shape index (κ1) is 16.5. The van der Waals surface area contributed by atoms with Crippen LogP contribution >= 0.6 is 22.6 Å². The van der Waals surface area contributed by atoms with Crippen LogP contribution in [0.5, 0.6) is 0 Å². The van der Waals surface area contributed by atoms with Crippen LogP contribution in [0.4, 0.5) is 4.79 Å². The smallest absolute Gasteiger partial charge is 0.410 e. The highest BCUT2D eigenvalue weighted by molar-refractivity contribution is 14.1. The first-order chi connectivity index (χ1) is 9.85. The quantitative estimate of drug-likeness (QED) is 0.572. The number of rotatable bonds is 3. The number of amides is 1. The van der Waals surface area contributed by atoms with Gasteiger partial charge in [0.05, 0.1) is 23.2 Å². The summed E-state index contributed by atoms with van der Waals surface area (Å²) in [5, 5.41) is 0. The molecule has 5 heteroatoms. The van der Waals surface area contributed by atoms with Crippen molar-refractivity contribution in [3.63, 3.8) is 0 Å². The van der Waals surface area contributed by atoms with E-state index in [-0.39, 0.29) is 12.2 Å². The number of hydrogen-bond acceptors (Lipinski definition) is 3. The number of halogens is 1. The molecule has 2 atom stereocenters. The molecule has 1 saturated heterocycles. The van der Waals surface area contributed by atoms with Crippen LogP contribution in [0.3, 0.4) is 0 Å². The van der Waals surface area contributed by atoms with Crippen LogP contribution in [-0.2, 0) is 16.1 Å². The highest BCUT2D eigenvalue weighted by Crippen LogP contribution is 2.24. The summed E-state index contributed by atoms with van der Waals surface area (Å²) >= 11 is 2.35. The molecule has 21 heavy (non-hydrogen) atoms. The number of nitrogens with zero attached hydrogens (tertiary/aromatic N) is 1. The van der Waals surface area contributed by atoms with Gasteiger partial charge in [-0.3, -0.25) is 0 Å². The van der Waals surface area contributed by atoms with Gasteiger partial charge in [-0.1, -0.05) is 52.9 Å². The van der Waals surface area contributed by atoms with Crippen molar-refractivity contribution in [3.05, 3.63) is 35.9 Å². The van der Waals surface area contributed by atoms with Gasteiger partial charge in [-0.05, 0) is 26.3 Å². The topological polar surface area (TPSA) is 38.8 Å². The Morgan fingerprint density at radius 3 is 2.57 bits per heavy atom. The van der Waals surface area contributed by atoms with E-state index in [1.807, 2.05) is 51.1 Å². The Labute approximate surface area is 139 Å². The summed E-state index contributed by atoms with van der Waals surface area (Å²) in [5.74, 6) is 0. The average Bonchev–Trinajstić information content (AvgIpc) is 2.77. The fourth-order valence-corrected chi connectivity index (χ4v) is 3.05. The van der Waals surface area contributed by atoms with E-state index in [1.165, 1.54) is 0 Å². The van der Waals surface area contributed by atoms with Crippen molar-refractivity contribution in [2.75, 3.05) is 13.1 Å². The first-order valence-electron chi connectivity index (χ1n) is 7.13. The van der Waals surface area contributed by atoms with Gasteiger partial charge in [0.15, 0.2) is 0 Å². The third-order valence-electron chi connectivity index (χ3n) is 3.16. The maximum atomic E-state index is 12.1. The van der Waals surface area contributed by atoms with Crippen LogP contribution in [0.15, 0.2) is 30.3 Å². The first-order valence-corrected chi connectivity index (χ1v) is 8.37. The van der Waals surface area contributed by atoms with Crippen molar-refractivity contribution >= 4 is 28.7 Å². The maximum Gasteiger partial charge on any atom is 0.410 e. The largest absolute Gasteiger partial charge is 0.444 e. The summed E-state index contributed by atoms with van der Waals surface area (Å²) < 4.78 is 11.7. The van der Waals surface area contributed by atoms with Gasteiger partial charge < -0.3 is 14.4 Å². The molecule has 0 radical (unpaired) electrons. The molecule has 1 aromatic carbocycles. The van der Waals surface area contributed by atoms with E-state index in [4.69, 9.17) is 9.47 Å². The summed E-state index contributed by atoms with van der Waals surface area (Å²) in [5.41, 5.74) is 0.692. The van der Waals surface area contributed by atoms with Gasteiger partial charge in [-0.25, -0.2) is 4.79 Å². The normalized spacial score (nSPS) is 22.4. The van der Waals surface area contributed by atoms with E-state index in [2.05, 4.69) is 22.6 Å². The SMILES string of the molecule is CC(C)(C)OC(=O)N1CC(I)C(OCc2ccccc2)C1. The number of hydrogen-bond donors (Lipinski definition) is 0. The molecule has 0 N–H and O–H groups in total. The van der Waals surface area contributed by atoms with Crippen LogP contribution in [0.2, 0.25) is 0 Å². The minimum absolute atomic E-state index is 0.0540. The molecular weight excluding hydrogens is 381 g/mol. The molecule has 1 heterocycles. The van der Waals surface area contributed by atoms with E-state index < -0.39 is 5.60 Å². The standard InChI is InChI=1S/C16H22INO3/c1-16(2,3)21-15(19)18-9-13(17)14(10-18)20-11-12-7-5-4-6-8-12/h4-8,13-14H,9-11H2,1-3H3. The van der Waals surface area contributed by atoms with E-state index in [1.54, 1.807) is 4.90 Å². The molecule has 0 bridgehead atoms. The molecule has 0 spiro atoms. The van der Waals surface area contributed by atoms with Crippen molar-refractivity contribution in [3.8, 4) is 0 Å². The number of likely N-dealkylation sites (tertiary alicyclic amines) is 1. The van der Waals surface area contributed by atoms with E-state index >= 15 is 0 Å². The summed E-state index contributed by atoms with van der Waals surface area (Å²) in [6.07, 6.45) is -0.201. The van der Waals surface area contributed by atoms with E-state index in [0.717, 1.165) is 5.56 Å². The van der Waals surface area contributed by atoms with Gasteiger partial charge >= 0.3 is 6.09 Å². The van der Waals surface area contributed by atoms with Crippen LogP contribution < -0.4 is 0 Å². The van der Waals surface area contributed by atoms with Crippen molar-refractivity contribution in [2.45, 2.75) is 43.0 Å². The second-order valence-electron chi connectivity index (χ2n) is 6.24. The average molecular weight is 403 g/mol. The van der Waals surface area contributed by atoms with Gasteiger partial charge in [-0.15, -0.1) is 0 Å². The Kier molecular flexibility index (Phi) is 5.48. The Bertz CT molecular complexity index is 472. The maximum absolute atomic E-state index is 12.1. The Hall–Kier alpha value is -0.820. The predicted octanol–water partition coefficient (Wildman–Crippen LogP) is 3.63. The lowest BCUT2D eigenvalue weighted by Gasteiger charge is -2.24. The van der Waals surface area contributed by atoms with E-state index in [0.29, 0.717) is 23.6 Å². The monoisotopic (exact) mass is 403 g/mol. The van der Waals surface area contributed by atoms with Gasteiger partial charge in [0.2, 0.25) is 0 Å². The molecule has 0 aromatic heterocycles. The number of carbonyl (C=O) groups excluding carboxylic acids is 1. The molecule has 0 saturated carbocycles. The summed E-state index contributed by atoms with van der Waals surface area (Å²) in [6, 6.07) is 10.1. The zero-order valence-corrected chi connectivity index (χ0v) is 14.9. The number of benzene rings is 1. The van der Waals surface area contributed by atoms with Crippen molar-refractivity contribution < 1.29 is 14.3 Å². The fourth-order valence-electron chi connectivity index (χ4n) is 2.14. The molecule has 1 amide bonds. The third-order valence-corrected chi connectivity index (χ3v) is 4.35. The van der Waals surface area contributed by atoms with Gasteiger partial charge in [0.1, 0.15) is 5.60 Å². The van der Waals surface area contributed by atoms with Crippen LogP contribution in [0.25, 0.3) is 0 Å². The lowest BCUT2D eigenvalue weighted by atomic mass is 10.2. The molecule has 0 aliphatic carbocycles. The third kappa shape index (κ3) is 5.14. The number of alkyl halides is 1. The van der Waals surface area contributed by atoms with Crippen molar-refractivity contribution in [2.24, 2.45) is 0 Å². The zero-order chi connectivity index (χ0) is 15.5. The highest BCUT2D eigenvalue weighted by atomic mass is 127. The van der Waals surface area contributed by atoms with Gasteiger partial charge in [-0.2, -0.15) is 0 Å². The summed E-state index contributed by atoms with van der Waals surface area (Å²) in [6.45, 7) is 7.49. The molecule has 2 unspecified atom stereocenters. The summed E-state index contributed by atoms with van der Waals surface area (Å²) in [4.78, 5) is 13.8. The molecule has 1 aliphatic rings. The summed E-state index contributed by atoms with van der Waals surface area (Å²) in [7, 11) is 0. The fraction of sp³-hybridized carbons (Fsp3) is 0.562. The van der Waals surface area contributed by atoms with Crippen LogP contribution in [0, 0.1) is 0 Å². The van der Waals surface area contributed by atoms with Gasteiger partial charge in [0.25, 0.3) is 0 Å². The Balaban J connectivity index is 1.85. The Morgan fingerprint density at radius 1 is 1.29 bits per heavy atom. The Morgan fingerprint density at radius 2 is 1.95 bits per heavy atom. The molecule has 1 aliphatic heterocycles. The van der Waals surface area contributed by atoms with Gasteiger partial charge in [0, 0.05) is 6.54 Å². The van der Waals surface area contributed by atoms with Crippen LogP contribution in [0.1, 0.15) is 26.3 Å². The predicted molar refractivity (Wildman–Crippen MR) is 90.6 cm³/mol. The second kappa shape index (κ2) is 6.96. The molecule has 1 fully saturated rings. The molecular formula is C16H22INO3. The lowest BCUT2D eigenvalue weighted by Crippen LogP contribution is -2.36. The van der Waals surface area contributed by atoms with Crippen molar-refractivity contribution in [1.82, 2.24) is 4.90 Å². The minimum Gasteiger partial charge on any atom is -0.444 e. The molecule has 2 rings (SSSR count). The molecule has 4 nitrogen and oxygen atoms in total. The van der Waals surface area contributed by atoms with Crippen LogP contribution in [-0.4, -0.2) is 39.7 Å². The highest BCUT2D eigenvalue weighted by Gasteiger charge is 2.36. The molecule has 1 aromatic rings. The zero-order valence-electron chi connectivity index (χ0n) is 12.7. The number of carbonyl (C=O) groups is 1. The number of ether oxygens (including phenoxy) is 2.